The first-order valence-corrected chi connectivity index (χ1v) is 6.63. The van der Waals surface area contributed by atoms with E-state index in [4.69, 9.17) is 4.74 Å². The molecule has 1 amide bonds. The molecular weight excluding hydrogens is 218 g/mol. The van der Waals surface area contributed by atoms with E-state index in [2.05, 4.69) is 13.8 Å². The number of amides is 1. The summed E-state index contributed by atoms with van der Waals surface area (Å²) in [6.07, 6.45) is 4.62. The normalized spacial score (nSPS) is 10.1. The summed E-state index contributed by atoms with van der Waals surface area (Å²) < 4.78 is 4.86. The molecule has 4 heteroatoms. The summed E-state index contributed by atoms with van der Waals surface area (Å²) in [6, 6.07) is 0. The number of nitrogens with zero attached hydrogens (tertiary/aromatic N) is 1. The van der Waals surface area contributed by atoms with E-state index in [1.165, 1.54) is 0 Å². The Morgan fingerprint density at radius 3 is 1.88 bits per heavy atom. The van der Waals surface area contributed by atoms with Gasteiger partial charge in [0.1, 0.15) is 0 Å². The molecule has 0 aliphatic rings. The average molecular weight is 243 g/mol. The van der Waals surface area contributed by atoms with Crippen LogP contribution in [0, 0.1) is 0 Å². The highest BCUT2D eigenvalue weighted by Gasteiger charge is 2.22. The molecule has 0 heterocycles. The Kier molecular flexibility index (Phi) is 9.49. The van der Waals surface area contributed by atoms with Crippen LogP contribution in [0.25, 0.3) is 0 Å². The molecule has 0 aromatic heterocycles. The van der Waals surface area contributed by atoms with Crippen LogP contribution in [-0.4, -0.2) is 36.5 Å². The van der Waals surface area contributed by atoms with Crippen LogP contribution in [0.4, 0.5) is 0 Å². The molecule has 0 aliphatic heterocycles. The molecule has 0 saturated heterocycles. The average Bonchev–Trinajstić information content (AvgIpc) is 2.35. The molecule has 0 radical (unpaired) electrons. The van der Waals surface area contributed by atoms with Gasteiger partial charge in [0.05, 0.1) is 6.61 Å². The molecule has 0 aliphatic carbocycles. The van der Waals surface area contributed by atoms with E-state index >= 15 is 0 Å². The molecule has 0 rings (SSSR count). The third-order valence-electron chi connectivity index (χ3n) is 2.46. The molecule has 4 nitrogen and oxygen atoms in total. The van der Waals surface area contributed by atoms with Crippen LogP contribution in [0.1, 0.15) is 52.9 Å². The van der Waals surface area contributed by atoms with Gasteiger partial charge in [-0.1, -0.05) is 33.6 Å². The van der Waals surface area contributed by atoms with Crippen molar-refractivity contribution in [2.45, 2.75) is 52.9 Å². The lowest BCUT2D eigenvalue weighted by Gasteiger charge is -2.21. The van der Waals surface area contributed by atoms with Crippen LogP contribution in [0.5, 0.6) is 0 Å². The van der Waals surface area contributed by atoms with E-state index in [9.17, 15) is 9.59 Å². The molecule has 100 valence electrons. The summed E-state index contributed by atoms with van der Waals surface area (Å²) in [4.78, 5) is 24.9. The molecule has 0 saturated carbocycles. The Labute approximate surface area is 104 Å². The van der Waals surface area contributed by atoms with E-state index in [1.54, 1.807) is 4.90 Å². The third kappa shape index (κ3) is 6.97. The van der Waals surface area contributed by atoms with Crippen molar-refractivity contribution in [3.05, 3.63) is 0 Å². The van der Waals surface area contributed by atoms with Crippen LogP contribution < -0.4 is 0 Å². The number of carbonyl (C=O) groups is 2. The van der Waals surface area contributed by atoms with E-state index in [0.29, 0.717) is 19.7 Å². The predicted molar refractivity (Wildman–Crippen MR) is 67.6 cm³/mol. The van der Waals surface area contributed by atoms with Crippen LogP contribution in [0.3, 0.4) is 0 Å². The third-order valence-corrected chi connectivity index (χ3v) is 2.46. The number of hydrogen-bond acceptors (Lipinski definition) is 3. The van der Waals surface area contributed by atoms with Gasteiger partial charge in [-0.2, -0.15) is 0 Å². The first kappa shape index (κ1) is 15.9. The van der Waals surface area contributed by atoms with Crippen LogP contribution in [0.2, 0.25) is 0 Å². The van der Waals surface area contributed by atoms with Gasteiger partial charge in [-0.15, -0.1) is 0 Å². The number of rotatable bonds is 8. The fraction of sp³-hybridized carbons (Fsp3) is 0.846. The van der Waals surface area contributed by atoms with Gasteiger partial charge in [-0.25, -0.2) is 4.79 Å². The fourth-order valence-corrected chi connectivity index (χ4v) is 1.40. The summed E-state index contributed by atoms with van der Waals surface area (Å²) in [5.41, 5.74) is 0. The smallest absolute Gasteiger partial charge is 0.397 e. The van der Waals surface area contributed by atoms with Gasteiger partial charge in [0.2, 0.25) is 0 Å². The summed E-state index contributed by atoms with van der Waals surface area (Å²) >= 11 is 0. The minimum Gasteiger partial charge on any atom is -0.459 e. The SMILES string of the molecule is CCCCN(CCCC)C(=O)C(=O)OCCC. The van der Waals surface area contributed by atoms with Crippen molar-refractivity contribution in [3.8, 4) is 0 Å². The molecule has 0 aromatic carbocycles. The second kappa shape index (κ2) is 10.1. The summed E-state index contributed by atoms with van der Waals surface area (Å²) in [5.74, 6) is -1.19. The standard InChI is InChI=1S/C13H25NO3/c1-4-7-9-14(10-8-5-2)12(15)13(16)17-11-6-3/h4-11H2,1-3H3. The molecule has 0 N–H and O–H groups in total. The van der Waals surface area contributed by atoms with Crippen LogP contribution in [0.15, 0.2) is 0 Å². The second-order valence-electron chi connectivity index (χ2n) is 4.14. The minimum absolute atomic E-state index is 0.319. The zero-order valence-electron chi connectivity index (χ0n) is 11.3. The first-order valence-electron chi connectivity index (χ1n) is 6.63. The maximum atomic E-state index is 11.8. The summed E-state index contributed by atoms with van der Waals surface area (Å²) in [6.45, 7) is 7.66. The lowest BCUT2D eigenvalue weighted by atomic mass is 10.2. The number of esters is 1. The molecular formula is C13H25NO3. The molecule has 0 bridgehead atoms. The van der Waals surface area contributed by atoms with Crippen molar-refractivity contribution >= 4 is 11.9 Å². The minimum atomic E-state index is -0.709. The van der Waals surface area contributed by atoms with Gasteiger partial charge < -0.3 is 9.64 Å². The monoisotopic (exact) mass is 243 g/mol. The largest absolute Gasteiger partial charge is 0.459 e. The topological polar surface area (TPSA) is 46.6 Å². The summed E-state index contributed by atoms with van der Waals surface area (Å²) in [7, 11) is 0. The Morgan fingerprint density at radius 1 is 0.941 bits per heavy atom. The van der Waals surface area contributed by atoms with Crippen molar-refractivity contribution in [1.82, 2.24) is 4.90 Å². The number of hydrogen-bond donors (Lipinski definition) is 0. The van der Waals surface area contributed by atoms with Crippen molar-refractivity contribution in [1.29, 1.82) is 0 Å². The second-order valence-corrected chi connectivity index (χ2v) is 4.14. The van der Waals surface area contributed by atoms with E-state index < -0.39 is 11.9 Å². The molecule has 0 spiro atoms. The zero-order valence-corrected chi connectivity index (χ0v) is 11.3. The highest BCUT2D eigenvalue weighted by Crippen LogP contribution is 2.01. The maximum Gasteiger partial charge on any atom is 0.397 e. The van der Waals surface area contributed by atoms with Crippen LogP contribution >= 0.6 is 0 Å². The Hall–Kier alpha value is -1.06. The van der Waals surface area contributed by atoms with Crippen LogP contribution in [-0.2, 0) is 14.3 Å². The van der Waals surface area contributed by atoms with Crippen molar-refractivity contribution in [3.63, 3.8) is 0 Å². The molecule has 0 atom stereocenters. The molecule has 17 heavy (non-hydrogen) atoms. The zero-order chi connectivity index (χ0) is 13.1. The molecule has 0 unspecified atom stereocenters. The Morgan fingerprint density at radius 2 is 1.47 bits per heavy atom. The lowest BCUT2D eigenvalue weighted by Crippen LogP contribution is -2.39. The van der Waals surface area contributed by atoms with Crippen molar-refractivity contribution < 1.29 is 14.3 Å². The number of ether oxygens (including phenoxy) is 1. The molecule has 0 aromatic rings. The van der Waals surface area contributed by atoms with Gasteiger partial charge in [0, 0.05) is 13.1 Å². The quantitative estimate of drug-likeness (QED) is 0.485. The van der Waals surface area contributed by atoms with Gasteiger partial charge in [0.15, 0.2) is 0 Å². The maximum absolute atomic E-state index is 11.8. The highest BCUT2D eigenvalue weighted by atomic mass is 16.5. The fourth-order valence-electron chi connectivity index (χ4n) is 1.40. The highest BCUT2D eigenvalue weighted by molar-refractivity contribution is 6.32. The van der Waals surface area contributed by atoms with E-state index in [-0.39, 0.29) is 0 Å². The van der Waals surface area contributed by atoms with Crippen molar-refractivity contribution in [2.75, 3.05) is 19.7 Å². The summed E-state index contributed by atoms with van der Waals surface area (Å²) in [5, 5.41) is 0. The van der Waals surface area contributed by atoms with Gasteiger partial charge in [-0.3, -0.25) is 4.79 Å². The van der Waals surface area contributed by atoms with E-state index in [1.807, 2.05) is 6.92 Å². The molecule has 0 fully saturated rings. The Balaban J connectivity index is 4.23. The van der Waals surface area contributed by atoms with Crippen molar-refractivity contribution in [2.24, 2.45) is 0 Å². The predicted octanol–water partition coefficient (Wildman–Crippen LogP) is 2.37. The number of carbonyl (C=O) groups excluding carboxylic acids is 2. The van der Waals surface area contributed by atoms with Gasteiger partial charge in [-0.05, 0) is 19.3 Å². The van der Waals surface area contributed by atoms with Gasteiger partial charge in [0.25, 0.3) is 0 Å². The van der Waals surface area contributed by atoms with Gasteiger partial charge >= 0.3 is 11.9 Å². The first-order chi connectivity index (χ1) is 8.17. The number of unbranched alkanes of at least 4 members (excludes halogenated alkanes) is 2. The lowest BCUT2D eigenvalue weighted by molar-refractivity contribution is -0.160. The Bertz CT molecular complexity index is 221. The van der Waals surface area contributed by atoms with E-state index in [0.717, 1.165) is 32.1 Å².